The quantitative estimate of drug-likeness (QED) is 0.620. The maximum absolute atomic E-state index is 10.7. The van der Waals surface area contributed by atoms with Crippen LogP contribution in [0, 0.1) is 10.1 Å². The topological polar surface area (TPSA) is 78.4 Å². The SMILES string of the molecule is COc1ccc([N+](=O)[O-])cc1CC1(N)CC1. The zero-order chi connectivity index (χ0) is 11.8. The summed E-state index contributed by atoms with van der Waals surface area (Å²) in [4.78, 5) is 10.3. The lowest BCUT2D eigenvalue weighted by molar-refractivity contribution is -0.384. The molecule has 2 rings (SSSR count). The van der Waals surface area contributed by atoms with Crippen LogP contribution in [0.25, 0.3) is 0 Å². The maximum Gasteiger partial charge on any atom is 0.269 e. The van der Waals surface area contributed by atoms with Gasteiger partial charge in [0.05, 0.1) is 12.0 Å². The zero-order valence-corrected chi connectivity index (χ0v) is 9.10. The van der Waals surface area contributed by atoms with Gasteiger partial charge in [-0.2, -0.15) is 0 Å². The number of rotatable bonds is 4. The van der Waals surface area contributed by atoms with Crippen molar-refractivity contribution < 1.29 is 9.66 Å². The number of ether oxygens (including phenoxy) is 1. The van der Waals surface area contributed by atoms with Crippen LogP contribution in [0.1, 0.15) is 18.4 Å². The highest BCUT2D eigenvalue weighted by Gasteiger charge is 2.39. The lowest BCUT2D eigenvalue weighted by Crippen LogP contribution is -2.24. The van der Waals surface area contributed by atoms with Crippen molar-refractivity contribution in [1.82, 2.24) is 0 Å². The molecule has 0 amide bonds. The van der Waals surface area contributed by atoms with Crippen LogP contribution >= 0.6 is 0 Å². The number of non-ortho nitro benzene ring substituents is 1. The Kier molecular flexibility index (Phi) is 2.55. The summed E-state index contributed by atoms with van der Waals surface area (Å²) in [6.45, 7) is 0. The highest BCUT2D eigenvalue weighted by Crippen LogP contribution is 2.38. The number of nitrogens with zero attached hydrogens (tertiary/aromatic N) is 1. The van der Waals surface area contributed by atoms with Gasteiger partial charge in [0.15, 0.2) is 0 Å². The summed E-state index contributed by atoms with van der Waals surface area (Å²) in [7, 11) is 1.56. The molecule has 86 valence electrons. The Bertz CT molecular complexity index is 427. The molecule has 0 atom stereocenters. The van der Waals surface area contributed by atoms with E-state index >= 15 is 0 Å². The predicted octanol–water partition coefficient (Wildman–Crippen LogP) is 1.64. The van der Waals surface area contributed by atoms with E-state index in [9.17, 15) is 10.1 Å². The van der Waals surface area contributed by atoms with Gasteiger partial charge < -0.3 is 10.5 Å². The van der Waals surface area contributed by atoms with E-state index in [0.29, 0.717) is 12.2 Å². The lowest BCUT2D eigenvalue weighted by Gasteiger charge is -2.12. The van der Waals surface area contributed by atoms with Crippen LogP contribution in [0.5, 0.6) is 5.75 Å². The van der Waals surface area contributed by atoms with E-state index in [2.05, 4.69) is 0 Å². The molecule has 1 saturated carbocycles. The predicted molar refractivity (Wildman–Crippen MR) is 59.5 cm³/mol. The molecule has 0 bridgehead atoms. The molecule has 0 aliphatic heterocycles. The molecule has 1 aliphatic carbocycles. The lowest BCUT2D eigenvalue weighted by atomic mass is 10.0. The standard InChI is InChI=1S/C11H14N2O3/c1-16-10-3-2-9(13(14)15)6-8(10)7-11(12)4-5-11/h2-3,6H,4-5,7,12H2,1H3. The Balaban J connectivity index is 2.31. The van der Waals surface area contributed by atoms with Gasteiger partial charge in [-0.25, -0.2) is 0 Å². The van der Waals surface area contributed by atoms with Crippen molar-refractivity contribution in [3.05, 3.63) is 33.9 Å². The van der Waals surface area contributed by atoms with Gasteiger partial charge in [0, 0.05) is 23.2 Å². The number of methoxy groups -OCH3 is 1. The summed E-state index contributed by atoms with van der Waals surface area (Å²) in [5.41, 5.74) is 6.72. The average molecular weight is 222 g/mol. The molecule has 1 aliphatic rings. The fourth-order valence-electron chi connectivity index (χ4n) is 1.73. The van der Waals surface area contributed by atoms with Crippen LogP contribution in [-0.2, 0) is 6.42 Å². The summed E-state index contributed by atoms with van der Waals surface area (Å²) < 4.78 is 5.18. The molecule has 5 nitrogen and oxygen atoms in total. The van der Waals surface area contributed by atoms with Crippen molar-refractivity contribution in [2.75, 3.05) is 7.11 Å². The van der Waals surface area contributed by atoms with E-state index in [4.69, 9.17) is 10.5 Å². The number of benzene rings is 1. The molecular weight excluding hydrogens is 208 g/mol. The van der Waals surface area contributed by atoms with Gasteiger partial charge in [0.2, 0.25) is 0 Å². The molecule has 0 radical (unpaired) electrons. The second-order valence-electron chi connectivity index (χ2n) is 4.29. The Hall–Kier alpha value is -1.62. The number of hydrogen-bond donors (Lipinski definition) is 1. The van der Waals surface area contributed by atoms with E-state index in [1.165, 1.54) is 6.07 Å². The number of nitrogens with two attached hydrogens (primary N) is 1. The summed E-state index contributed by atoms with van der Waals surface area (Å²) in [5.74, 6) is 0.669. The van der Waals surface area contributed by atoms with E-state index in [-0.39, 0.29) is 11.2 Å². The third-order valence-corrected chi connectivity index (χ3v) is 2.91. The minimum absolute atomic E-state index is 0.0834. The van der Waals surface area contributed by atoms with E-state index in [1.54, 1.807) is 19.2 Å². The van der Waals surface area contributed by atoms with Gasteiger partial charge in [-0.3, -0.25) is 10.1 Å². The molecule has 1 fully saturated rings. The second kappa shape index (κ2) is 3.75. The van der Waals surface area contributed by atoms with Crippen LogP contribution in [0.2, 0.25) is 0 Å². The molecule has 0 aromatic heterocycles. The van der Waals surface area contributed by atoms with Gasteiger partial charge in [0.25, 0.3) is 5.69 Å². The minimum Gasteiger partial charge on any atom is -0.496 e. The Labute approximate surface area is 93.4 Å². The van der Waals surface area contributed by atoms with Gasteiger partial charge in [0.1, 0.15) is 5.75 Å². The second-order valence-corrected chi connectivity index (χ2v) is 4.29. The van der Waals surface area contributed by atoms with Crippen LogP contribution in [0.3, 0.4) is 0 Å². The van der Waals surface area contributed by atoms with E-state index in [1.807, 2.05) is 0 Å². The van der Waals surface area contributed by atoms with Crippen LogP contribution in [-0.4, -0.2) is 17.6 Å². The Morgan fingerprint density at radius 2 is 2.25 bits per heavy atom. The van der Waals surface area contributed by atoms with Gasteiger partial charge >= 0.3 is 0 Å². The largest absolute Gasteiger partial charge is 0.496 e. The van der Waals surface area contributed by atoms with Crippen molar-refractivity contribution in [2.24, 2.45) is 5.73 Å². The molecular formula is C11H14N2O3. The first kappa shape index (κ1) is 10.9. The molecule has 0 saturated heterocycles. The van der Waals surface area contributed by atoms with Gasteiger partial charge in [-0.15, -0.1) is 0 Å². The van der Waals surface area contributed by atoms with Crippen molar-refractivity contribution in [3.63, 3.8) is 0 Å². The molecule has 16 heavy (non-hydrogen) atoms. The third kappa shape index (κ3) is 2.14. The van der Waals surface area contributed by atoms with E-state index in [0.717, 1.165) is 18.4 Å². The Morgan fingerprint density at radius 3 is 2.75 bits per heavy atom. The fourth-order valence-corrected chi connectivity index (χ4v) is 1.73. The Morgan fingerprint density at radius 1 is 1.56 bits per heavy atom. The first-order valence-electron chi connectivity index (χ1n) is 5.14. The van der Waals surface area contributed by atoms with Crippen molar-refractivity contribution in [3.8, 4) is 5.75 Å². The summed E-state index contributed by atoms with van der Waals surface area (Å²) >= 11 is 0. The number of hydrogen-bond acceptors (Lipinski definition) is 4. The van der Waals surface area contributed by atoms with Gasteiger partial charge in [-0.1, -0.05) is 0 Å². The normalized spacial score (nSPS) is 16.9. The maximum atomic E-state index is 10.7. The molecule has 2 N–H and O–H groups in total. The van der Waals surface area contributed by atoms with Crippen molar-refractivity contribution >= 4 is 5.69 Å². The van der Waals surface area contributed by atoms with Crippen molar-refractivity contribution in [1.29, 1.82) is 0 Å². The molecule has 1 aromatic carbocycles. The average Bonchev–Trinajstić information content (AvgIpc) is 2.96. The smallest absolute Gasteiger partial charge is 0.269 e. The van der Waals surface area contributed by atoms with E-state index < -0.39 is 4.92 Å². The highest BCUT2D eigenvalue weighted by molar-refractivity contribution is 5.45. The zero-order valence-electron chi connectivity index (χ0n) is 9.10. The third-order valence-electron chi connectivity index (χ3n) is 2.91. The molecule has 0 unspecified atom stereocenters. The summed E-state index contributed by atoms with van der Waals surface area (Å²) in [5, 5.41) is 10.7. The van der Waals surface area contributed by atoms with Crippen LogP contribution in [0.4, 0.5) is 5.69 Å². The monoisotopic (exact) mass is 222 g/mol. The summed E-state index contributed by atoms with van der Waals surface area (Å²) in [6, 6.07) is 4.61. The fraction of sp³-hybridized carbons (Fsp3) is 0.455. The minimum atomic E-state index is -0.404. The van der Waals surface area contributed by atoms with Crippen LogP contribution < -0.4 is 10.5 Å². The molecule has 0 heterocycles. The molecule has 5 heteroatoms. The number of nitro groups is 1. The van der Waals surface area contributed by atoms with Crippen LogP contribution in [0.15, 0.2) is 18.2 Å². The molecule has 1 aromatic rings. The summed E-state index contributed by atoms with van der Waals surface area (Å²) in [6.07, 6.45) is 2.58. The first-order chi connectivity index (χ1) is 7.54. The van der Waals surface area contributed by atoms with Gasteiger partial charge in [-0.05, 0) is 25.3 Å². The first-order valence-corrected chi connectivity index (χ1v) is 5.14. The van der Waals surface area contributed by atoms with Crippen molar-refractivity contribution in [2.45, 2.75) is 24.8 Å². The highest BCUT2D eigenvalue weighted by atomic mass is 16.6. The number of nitro benzene ring substituents is 1. The molecule has 0 spiro atoms.